The van der Waals surface area contributed by atoms with Gasteiger partial charge in [0, 0.05) is 0 Å². The van der Waals surface area contributed by atoms with Crippen LogP contribution >= 0.6 is 0 Å². The zero-order chi connectivity index (χ0) is 18.3. The van der Waals surface area contributed by atoms with E-state index in [1.54, 1.807) is 0 Å². The maximum Gasteiger partial charge on any atom is 0.267 e. The van der Waals surface area contributed by atoms with Crippen molar-refractivity contribution in [2.75, 3.05) is 0 Å². The summed E-state index contributed by atoms with van der Waals surface area (Å²) >= 11 is 0. The molecule has 4 nitrogen and oxygen atoms in total. The molecule has 24 heavy (non-hydrogen) atoms. The average molecular weight is 365 g/mol. The van der Waals surface area contributed by atoms with Crippen molar-refractivity contribution in [2.24, 2.45) is 0 Å². The fourth-order valence-corrected chi connectivity index (χ4v) is 4.03. The highest BCUT2D eigenvalue weighted by atomic mass is 32.2. The number of unbranched alkanes of at least 4 members (excludes halogenated alkanes) is 11. The van der Waals surface area contributed by atoms with Gasteiger partial charge in [0.1, 0.15) is 0 Å². The molecule has 0 fully saturated rings. The lowest BCUT2D eigenvalue weighted by atomic mass is 10.0. The highest BCUT2D eigenvalue weighted by molar-refractivity contribution is 7.86. The van der Waals surface area contributed by atoms with E-state index < -0.39 is 15.4 Å². The molecule has 2 N–H and O–H groups in total. The van der Waals surface area contributed by atoms with Gasteiger partial charge >= 0.3 is 0 Å². The Morgan fingerprint density at radius 2 is 1.04 bits per heavy atom. The molecule has 0 spiro atoms. The molecule has 2 unspecified atom stereocenters. The van der Waals surface area contributed by atoms with Crippen LogP contribution in [0.4, 0.5) is 0 Å². The Morgan fingerprint density at radius 3 is 1.33 bits per heavy atom. The van der Waals surface area contributed by atoms with E-state index in [-0.39, 0.29) is 6.10 Å². The fraction of sp³-hybridized carbons (Fsp3) is 1.00. The van der Waals surface area contributed by atoms with Crippen LogP contribution in [0, 0.1) is 0 Å². The predicted octanol–water partition coefficient (Wildman–Crippen LogP) is 5.50. The molecule has 0 bridgehead atoms. The summed E-state index contributed by atoms with van der Waals surface area (Å²) in [5, 5.41) is 8.60. The Balaban J connectivity index is 3.26. The molecule has 0 aromatic heterocycles. The van der Waals surface area contributed by atoms with Gasteiger partial charge in [-0.05, 0) is 26.2 Å². The van der Waals surface area contributed by atoms with Crippen LogP contribution in [0.5, 0.6) is 0 Å². The van der Waals surface area contributed by atoms with Gasteiger partial charge in [0.25, 0.3) is 10.1 Å². The lowest BCUT2D eigenvalue weighted by Gasteiger charge is -2.10. The molecule has 0 saturated carbocycles. The van der Waals surface area contributed by atoms with Gasteiger partial charge in [-0.1, -0.05) is 84.0 Å². The molecule has 0 rings (SSSR count). The molecule has 0 saturated heterocycles. The highest BCUT2D eigenvalue weighted by Gasteiger charge is 2.19. The van der Waals surface area contributed by atoms with Crippen LogP contribution in [0.1, 0.15) is 110 Å². The minimum atomic E-state index is -3.85. The second-order valence-corrected chi connectivity index (χ2v) is 8.91. The molecule has 0 aromatic carbocycles. The third-order valence-electron chi connectivity index (χ3n) is 4.77. The fourth-order valence-electron chi connectivity index (χ4n) is 3.14. The zero-order valence-corrected chi connectivity index (χ0v) is 16.7. The van der Waals surface area contributed by atoms with E-state index in [9.17, 15) is 8.42 Å². The van der Waals surface area contributed by atoms with Gasteiger partial charge in [-0.2, -0.15) is 8.42 Å². The largest absolute Gasteiger partial charge is 0.393 e. The number of hydrogen-bond donors (Lipinski definition) is 2. The van der Waals surface area contributed by atoms with Crippen molar-refractivity contribution in [1.29, 1.82) is 0 Å². The second-order valence-electron chi connectivity index (χ2n) is 7.21. The summed E-state index contributed by atoms with van der Waals surface area (Å²) in [7, 11) is -3.85. The van der Waals surface area contributed by atoms with Crippen LogP contribution in [0.3, 0.4) is 0 Å². The summed E-state index contributed by atoms with van der Waals surface area (Å²) in [6.45, 7) is 3.67. The maximum atomic E-state index is 11.1. The molecule has 0 aliphatic heterocycles. The summed E-state index contributed by atoms with van der Waals surface area (Å²) in [5.41, 5.74) is 0. The molecule has 146 valence electrons. The Morgan fingerprint density at radius 1 is 0.708 bits per heavy atom. The average Bonchev–Trinajstić information content (AvgIpc) is 2.49. The summed E-state index contributed by atoms with van der Waals surface area (Å²) in [6, 6.07) is 0. The lowest BCUT2D eigenvalue weighted by molar-refractivity contribution is 0.180. The summed E-state index contributed by atoms with van der Waals surface area (Å²) in [6.07, 6.45) is 16.4. The van der Waals surface area contributed by atoms with Crippen LogP contribution in [0.15, 0.2) is 0 Å². The standard InChI is InChI=1S/C19H40O4S/c1-3-19(24(21,22)23)17-15-13-11-9-7-5-4-6-8-10-12-14-16-18(2)20/h18-20H,3-17H2,1-2H3,(H,21,22,23). The van der Waals surface area contributed by atoms with Crippen LogP contribution in [0.25, 0.3) is 0 Å². The summed E-state index contributed by atoms with van der Waals surface area (Å²) in [4.78, 5) is 0. The van der Waals surface area contributed by atoms with Gasteiger partial charge in [0.05, 0.1) is 11.4 Å². The molecular formula is C19H40O4S. The van der Waals surface area contributed by atoms with E-state index in [2.05, 4.69) is 0 Å². The molecule has 0 heterocycles. The molecule has 0 aliphatic carbocycles. The van der Waals surface area contributed by atoms with Crippen LogP contribution in [0.2, 0.25) is 0 Å². The monoisotopic (exact) mass is 364 g/mol. The third-order valence-corrected chi connectivity index (χ3v) is 6.19. The third kappa shape index (κ3) is 15.4. The topological polar surface area (TPSA) is 74.6 Å². The van der Waals surface area contributed by atoms with Gasteiger partial charge in [0.2, 0.25) is 0 Å². The number of hydrogen-bond acceptors (Lipinski definition) is 3. The first kappa shape index (κ1) is 23.9. The maximum absolute atomic E-state index is 11.1. The van der Waals surface area contributed by atoms with Crippen molar-refractivity contribution in [3.63, 3.8) is 0 Å². The van der Waals surface area contributed by atoms with Crippen molar-refractivity contribution in [1.82, 2.24) is 0 Å². The van der Waals surface area contributed by atoms with Crippen LogP contribution < -0.4 is 0 Å². The number of aliphatic hydroxyl groups is 1. The van der Waals surface area contributed by atoms with E-state index in [1.165, 1.54) is 57.8 Å². The lowest BCUT2D eigenvalue weighted by Crippen LogP contribution is -2.19. The molecule has 0 amide bonds. The van der Waals surface area contributed by atoms with Crippen molar-refractivity contribution >= 4 is 10.1 Å². The Bertz CT molecular complexity index is 366. The molecule has 0 aliphatic rings. The quantitative estimate of drug-likeness (QED) is 0.264. The predicted molar refractivity (Wildman–Crippen MR) is 102 cm³/mol. The Labute approximate surface area is 150 Å². The van der Waals surface area contributed by atoms with E-state index in [1.807, 2.05) is 13.8 Å². The minimum absolute atomic E-state index is 0.147. The van der Waals surface area contributed by atoms with E-state index in [0.717, 1.165) is 25.7 Å². The first-order valence-electron chi connectivity index (χ1n) is 10.0. The smallest absolute Gasteiger partial charge is 0.267 e. The minimum Gasteiger partial charge on any atom is -0.393 e. The number of rotatable bonds is 17. The van der Waals surface area contributed by atoms with Crippen molar-refractivity contribution in [3.05, 3.63) is 0 Å². The highest BCUT2D eigenvalue weighted by Crippen LogP contribution is 2.16. The molecule has 0 radical (unpaired) electrons. The Hall–Kier alpha value is -0.130. The summed E-state index contributed by atoms with van der Waals surface area (Å²) in [5.74, 6) is 0. The molecule has 2 atom stereocenters. The first-order chi connectivity index (χ1) is 11.4. The second kappa shape index (κ2) is 15.2. The van der Waals surface area contributed by atoms with E-state index >= 15 is 0 Å². The van der Waals surface area contributed by atoms with Gasteiger partial charge in [-0.3, -0.25) is 4.55 Å². The van der Waals surface area contributed by atoms with Gasteiger partial charge in [-0.15, -0.1) is 0 Å². The van der Waals surface area contributed by atoms with Gasteiger partial charge in [0.15, 0.2) is 0 Å². The van der Waals surface area contributed by atoms with Gasteiger partial charge in [-0.25, -0.2) is 0 Å². The molecular weight excluding hydrogens is 324 g/mol. The number of aliphatic hydroxyl groups excluding tert-OH is 1. The van der Waals surface area contributed by atoms with Crippen LogP contribution in [-0.4, -0.2) is 29.4 Å². The van der Waals surface area contributed by atoms with Crippen molar-refractivity contribution in [3.8, 4) is 0 Å². The van der Waals surface area contributed by atoms with Crippen molar-refractivity contribution in [2.45, 2.75) is 122 Å². The molecule has 5 heteroatoms. The SMILES string of the molecule is CCC(CCCCCCCCCCCCCCC(C)O)S(=O)(=O)O. The molecule has 0 aromatic rings. The Kier molecular flexibility index (Phi) is 15.1. The van der Waals surface area contributed by atoms with E-state index in [4.69, 9.17) is 9.66 Å². The first-order valence-corrected chi connectivity index (χ1v) is 11.5. The summed E-state index contributed by atoms with van der Waals surface area (Å²) < 4.78 is 31.2. The van der Waals surface area contributed by atoms with Crippen LogP contribution in [-0.2, 0) is 10.1 Å². The van der Waals surface area contributed by atoms with Crippen molar-refractivity contribution < 1.29 is 18.1 Å². The zero-order valence-electron chi connectivity index (χ0n) is 15.9. The van der Waals surface area contributed by atoms with Gasteiger partial charge < -0.3 is 5.11 Å². The van der Waals surface area contributed by atoms with E-state index in [0.29, 0.717) is 12.8 Å². The normalized spacial score (nSPS) is 14.7.